The van der Waals surface area contributed by atoms with Crippen molar-refractivity contribution >= 4 is 38.6 Å². The van der Waals surface area contributed by atoms with E-state index in [1.54, 1.807) is 0 Å². The van der Waals surface area contributed by atoms with E-state index < -0.39 is 0 Å². The number of likely N-dealkylation sites (N-methyl/N-ethyl adjacent to an activating group) is 1. The van der Waals surface area contributed by atoms with Crippen molar-refractivity contribution in [2.75, 3.05) is 19.0 Å². The van der Waals surface area contributed by atoms with Crippen LogP contribution in [0.3, 0.4) is 0 Å². The quantitative estimate of drug-likeness (QED) is 0.120. The molecule has 2 aliphatic rings. The number of rotatable bonds is 11. The molecule has 0 amide bonds. The summed E-state index contributed by atoms with van der Waals surface area (Å²) >= 11 is 0. The van der Waals surface area contributed by atoms with Gasteiger partial charge in [-0.2, -0.15) is 4.58 Å². The zero-order valence-electron chi connectivity index (χ0n) is 29.3. The molecule has 0 spiro atoms. The van der Waals surface area contributed by atoms with Crippen LogP contribution < -0.4 is 4.90 Å². The normalized spacial score (nSPS) is 22.1. The topological polar surface area (TPSA) is 6.25 Å². The molecule has 2 nitrogen and oxygen atoms in total. The lowest BCUT2D eigenvalue weighted by Gasteiger charge is -2.29. The Kier molecular flexibility index (Phi) is 9.50. The first-order valence-electron chi connectivity index (χ1n) is 17.6. The highest BCUT2D eigenvalue weighted by Gasteiger charge is 2.47. The van der Waals surface area contributed by atoms with Crippen molar-refractivity contribution in [3.05, 3.63) is 144 Å². The molecule has 2 heterocycles. The summed E-state index contributed by atoms with van der Waals surface area (Å²) in [6.07, 6.45) is 26.8. The predicted octanol–water partition coefficient (Wildman–Crippen LogP) is 11.9. The molecule has 6 rings (SSSR count). The van der Waals surface area contributed by atoms with E-state index in [0.717, 1.165) is 12.8 Å². The zero-order valence-corrected chi connectivity index (χ0v) is 29.3. The van der Waals surface area contributed by atoms with E-state index in [0.29, 0.717) is 0 Å². The smallest absolute Gasteiger partial charge is 0.210 e. The zero-order chi connectivity index (χ0) is 33.0. The van der Waals surface area contributed by atoms with E-state index >= 15 is 0 Å². The maximum atomic E-state index is 2.44. The molecule has 0 aromatic heterocycles. The molecule has 2 heteroatoms. The van der Waals surface area contributed by atoms with Gasteiger partial charge in [0.25, 0.3) is 0 Å². The van der Waals surface area contributed by atoms with Gasteiger partial charge in [-0.3, -0.25) is 0 Å². The van der Waals surface area contributed by atoms with E-state index in [1.807, 2.05) is 0 Å². The first-order chi connectivity index (χ1) is 22.8. The largest absolute Gasteiger partial charge is 0.347 e. The predicted molar refractivity (Wildman–Crippen MR) is 206 cm³/mol. The minimum atomic E-state index is -0.0116. The van der Waals surface area contributed by atoms with Crippen molar-refractivity contribution in [1.29, 1.82) is 0 Å². The maximum absolute atomic E-state index is 2.44. The van der Waals surface area contributed by atoms with E-state index in [9.17, 15) is 0 Å². The Morgan fingerprint density at radius 3 is 1.85 bits per heavy atom. The van der Waals surface area contributed by atoms with Gasteiger partial charge in [0.2, 0.25) is 5.69 Å². The first kappa shape index (κ1) is 32.5. The molecular formula is C45H51N2+. The van der Waals surface area contributed by atoms with Crippen LogP contribution in [0.5, 0.6) is 0 Å². The van der Waals surface area contributed by atoms with Gasteiger partial charge in [0.15, 0.2) is 5.71 Å². The van der Waals surface area contributed by atoms with Gasteiger partial charge < -0.3 is 4.90 Å². The van der Waals surface area contributed by atoms with Crippen LogP contribution in [0.25, 0.3) is 21.5 Å². The maximum Gasteiger partial charge on any atom is 0.210 e. The van der Waals surface area contributed by atoms with Crippen molar-refractivity contribution in [3.8, 4) is 0 Å². The number of fused-ring (bicyclic) bond motifs is 6. The Bertz CT molecular complexity index is 1960. The first-order valence-corrected chi connectivity index (χ1v) is 17.6. The standard InChI is InChI=1S/C45H51N2/c1-7-9-32-44(3)40(46(5)38-30-28-34-22-18-20-24-36(34)42(38)44)26-16-14-12-11-13-15-17-27-41-45(4,33-10-8-2)43-37-25-21-19-23-35(37)29-31-39(43)47(41)6/h11-31H,7-10,32-33H2,1-6H3/q+1. The Labute approximate surface area is 282 Å². The molecule has 0 radical (unpaired) electrons. The number of unbranched alkanes of at least 4 members (excludes halogenated alkanes) is 2. The fraction of sp³-hybridized carbons (Fsp3) is 0.311. The number of benzene rings is 4. The molecule has 2 unspecified atom stereocenters. The minimum Gasteiger partial charge on any atom is -0.347 e. The molecule has 0 aliphatic carbocycles. The molecule has 0 saturated heterocycles. The second kappa shape index (κ2) is 13.7. The van der Waals surface area contributed by atoms with Gasteiger partial charge >= 0.3 is 0 Å². The Hall–Kier alpha value is -4.43. The van der Waals surface area contributed by atoms with Crippen LogP contribution in [0.15, 0.2) is 133 Å². The number of anilines is 1. The highest BCUT2D eigenvalue weighted by Crippen LogP contribution is 2.52. The van der Waals surface area contributed by atoms with Crippen molar-refractivity contribution in [1.82, 2.24) is 0 Å². The third-order valence-corrected chi connectivity index (χ3v) is 10.7. The average Bonchev–Trinajstić information content (AvgIpc) is 3.45. The van der Waals surface area contributed by atoms with Crippen LogP contribution in [-0.2, 0) is 10.8 Å². The fourth-order valence-electron chi connectivity index (χ4n) is 8.27. The molecule has 0 saturated carbocycles. The summed E-state index contributed by atoms with van der Waals surface area (Å²) < 4.78 is 2.41. The van der Waals surface area contributed by atoms with E-state index in [1.165, 1.54) is 81.1 Å². The van der Waals surface area contributed by atoms with Crippen LogP contribution in [0.4, 0.5) is 11.4 Å². The van der Waals surface area contributed by atoms with Crippen LogP contribution in [0.1, 0.15) is 77.3 Å². The van der Waals surface area contributed by atoms with Crippen LogP contribution in [0, 0.1) is 0 Å². The lowest BCUT2D eigenvalue weighted by molar-refractivity contribution is -0.401. The Morgan fingerprint density at radius 1 is 0.638 bits per heavy atom. The van der Waals surface area contributed by atoms with Crippen molar-refractivity contribution < 1.29 is 4.58 Å². The van der Waals surface area contributed by atoms with Gasteiger partial charge in [-0.25, -0.2) is 0 Å². The molecule has 2 aliphatic heterocycles. The van der Waals surface area contributed by atoms with Gasteiger partial charge in [0.1, 0.15) is 7.05 Å². The fourth-order valence-corrected chi connectivity index (χ4v) is 8.27. The summed E-state index contributed by atoms with van der Waals surface area (Å²) in [4.78, 5) is 2.41. The summed E-state index contributed by atoms with van der Waals surface area (Å²) in [6.45, 7) is 9.46. The molecule has 0 bridgehead atoms. The summed E-state index contributed by atoms with van der Waals surface area (Å²) in [5, 5.41) is 5.41. The second-order valence-corrected chi connectivity index (χ2v) is 13.8. The number of allylic oxidation sites excluding steroid dienone is 10. The summed E-state index contributed by atoms with van der Waals surface area (Å²) in [6, 6.07) is 26.8. The van der Waals surface area contributed by atoms with Crippen molar-refractivity contribution in [2.24, 2.45) is 0 Å². The van der Waals surface area contributed by atoms with Crippen LogP contribution >= 0.6 is 0 Å². The molecule has 0 N–H and O–H groups in total. The molecule has 2 atom stereocenters. The van der Waals surface area contributed by atoms with Gasteiger partial charge in [0.05, 0.1) is 5.41 Å². The highest BCUT2D eigenvalue weighted by molar-refractivity contribution is 6.08. The monoisotopic (exact) mass is 619 g/mol. The van der Waals surface area contributed by atoms with Gasteiger partial charge in [-0.1, -0.05) is 137 Å². The van der Waals surface area contributed by atoms with Gasteiger partial charge in [0, 0.05) is 41.6 Å². The minimum absolute atomic E-state index is 0.0116. The molecule has 240 valence electrons. The SMILES string of the molecule is CCCCC1(C)C(/C=C/C=C/C=C/C=C/C=C2/N(C)c3ccc4ccccc4c3C2(C)CCCC)=[N+](C)c2ccc3ccccc3c21. The lowest BCUT2D eigenvalue weighted by Crippen LogP contribution is -2.30. The molecular weight excluding hydrogens is 569 g/mol. The molecule has 47 heavy (non-hydrogen) atoms. The molecule has 0 fully saturated rings. The van der Waals surface area contributed by atoms with Crippen LogP contribution in [-0.4, -0.2) is 24.4 Å². The van der Waals surface area contributed by atoms with E-state index in [-0.39, 0.29) is 10.8 Å². The van der Waals surface area contributed by atoms with Crippen molar-refractivity contribution in [2.45, 2.75) is 77.0 Å². The lowest BCUT2D eigenvalue weighted by atomic mass is 9.73. The second-order valence-electron chi connectivity index (χ2n) is 13.8. The Morgan fingerprint density at radius 2 is 1.19 bits per heavy atom. The average molecular weight is 620 g/mol. The summed E-state index contributed by atoms with van der Waals surface area (Å²) in [7, 11) is 4.45. The summed E-state index contributed by atoms with van der Waals surface area (Å²) in [5.41, 5.74) is 8.34. The van der Waals surface area contributed by atoms with Crippen LogP contribution in [0.2, 0.25) is 0 Å². The summed E-state index contributed by atoms with van der Waals surface area (Å²) in [5.74, 6) is 0. The van der Waals surface area contributed by atoms with Gasteiger partial charge in [-0.15, -0.1) is 0 Å². The highest BCUT2D eigenvalue weighted by atomic mass is 15.2. The Balaban J connectivity index is 1.19. The number of hydrogen-bond acceptors (Lipinski definition) is 1. The number of hydrogen-bond donors (Lipinski definition) is 0. The molecule has 4 aromatic carbocycles. The molecule has 4 aromatic rings. The number of nitrogens with zero attached hydrogens (tertiary/aromatic N) is 2. The van der Waals surface area contributed by atoms with Gasteiger partial charge in [-0.05, 0) is 72.0 Å². The van der Waals surface area contributed by atoms with Crippen molar-refractivity contribution in [3.63, 3.8) is 0 Å². The van der Waals surface area contributed by atoms with E-state index in [2.05, 4.69) is 179 Å². The van der Waals surface area contributed by atoms with E-state index in [4.69, 9.17) is 0 Å². The third-order valence-electron chi connectivity index (χ3n) is 10.7. The third kappa shape index (κ3) is 5.84.